The van der Waals surface area contributed by atoms with Crippen molar-refractivity contribution in [2.45, 2.75) is 13.0 Å². The van der Waals surface area contributed by atoms with E-state index < -0.39 is 0 Å². The second-order valence-corrected chi connectivity index (χ2v) is 5.19. The first-order valence-corrected chi connectivity index (χ1v) is 6.55. The maximum atomic E-state index is 12.1. The Bertz CT molecular complexity index is 566. The number of likely N-dealkylation sites (N-methyl/N-ethyl adjacent to an activating group) is 1. The average molecular weight is 324 g/mol. The van der Waals surface area contributed by atoms with E-state index in [2.05, 4.69) is 31.5 Å². The Hall–Kier alpha value is -1.76. The van der Waals surface area contributed by atoms with Gasteiger partial charge in [-0.25, -0.2) is 4.68 Å². The molecule has 0 aliphatic rings. The Morgan fingerprint density at radius 1 is 1.37 bits per heavy atom. The van der Waals surface area contributed by atoms with Gasteiger partial charge in [0.1, 0.15) is 0 Å². The van der Waals surface area contributed by atoms with E-state index in [-0.39, 0.29) is 5.91 Å². The number of nitrogens with zero attached hydrogens (tertiary/aromatic N) is 5. The highest BCUT2D eigenvalue weighted by Gasteiger charge is 2.13. The maximum absolute atomic E-state index is 12.1. The van der Waals surface area contributed by atoms with Gasteiger partial charge in [-0.1, -0.05) is 28.1 Å². The lowest BCUT2D eigenvalue weighted by atomic mass is 10.1. The maximum Gasteiger partial charge on any atom is 0.227 e. The van der Waals surface area contributed by atoms with E-state index >= 15 is 0 Å². The average Bonchev–Trinajstić information content (AvgIpc) is 2.78. The lowest BCUT2D eigenvalue weighted by molar-refractivity contribution is -0.129. The van der Waals surface area contributed by atoms with Gasteiger partial charge in [0.25, 0.3) is 0 Å². The Kier molecular flexibility index (Phi) is 4.26. The molecule has 1 aromatic carbocycles. The first-order chi connectivity index (χ1) is 9.06. The van der Waals surface area contributed by atoms with Crippen LogP contribution in [0.4, 0.5) is 0 Å². The van der Waals surface area contributed by atoms with Crippen molar-refractivity contribution in [2.75, 3.05) is 7.05 Å². The van der Waals surface area contributed by atoms with Crippen molar-refractivity contribution in [3.8, 4) is 0 Å². The third kappa shape index (κ3) is 3.60. The molecule has 0 saturated carbocycles. The van der Waals surface area contributed by atoms with Crippen LogP contribution >= 0.6 is 15.9 Å². The van der Waals surface area contributed by atoms with Crippen molar-refractivity contribution in [2.24, 2.45) is 7.05 Å². The summed E-state index contributed by atoms with van der Waals surface area (Å²) < 4.78 is 2.56. The van der Waals surface area contributed by atoms with Crippen LogP contribution in [0.25, 0.3) is 0 Å². The molecule has 0 N–H and O–H groups in total. The van der Waals surface area contributed by atoms with Gasteiger partial charge in [-0.2, -0.15) is 0 Å². The molecule has 2 aromatic rings. The fourth-order valence-corrected chi connectivity index (χ4v) is 1.86. The highest BCUT2D eigenvalue weighted by Crippen LogP contribution is 2.11. The van der Waals surface area contributed by atoms with Crippen LogP contribution in [0.1, 0.15) is 11.4 Å². The summed E-state index contributed by atoms with van der Waals surface area (Å²) in [7, 11) is 3.50. The van der Waals surface area contributed by atoms with E-state index in [0.29, 0.717) is 18.8 Å². The van der Waals surface area contributed by atoms with E-state index in [0.717, 1.165) is 10.0 Å². The van der Waals surface area contributed by atoms with Crippen molar-refractivity contribution in [1.82, 2.24) is 25.1 Å². The number of aromatic nitrogens is 4. The predicted molar refractivity (Wildman–Crippen MR) is 73.1 cm³/mol. The summed E-state index contributed by atoms with van der Waals surface area (Å²) in [5.74, 6) is 0.692. The van der Waals surface area contributed by atoms with Crippen LogP contribution in [-0.4, -0.2) is 38.1 Å². The second kappa shape index (κ2) is 5.92. The third-order valence-electron chi connectivity index (χ3n) is 2.78. The normalized spacial score (nSPS) is 10.5. The molecule has 19 heavy (non-hydrogen) atoms. The number of tetrazole rings is 1. The molecule has 0 radical (unpaired) electrons. The van der Waals surface area contributed by atoms with E-state index in [9.17, 15) is 4.79 Å². The first kappa shape index (κ1) is 13.7. The molecule has 1 aromatic heterocycles. The number of carbonyl (C=O) groups is 1. The largest absolute Gasteiger partial charge is 0.338 e. The van der Waals surface area contributed by atoms with Gasteiger partial charge in [0.05, 0.1) is 13.0 Å². The molecule has 0 bridgehead atoms. The summed E-state index contributed by atoms with van der Waals surface area (Å²) in [5, 5.41) is 11.1. The molecule has 1 amide bonds. The molecule has 0 aliphatic heterocycles. The lowest BCUT2D eigenvalue weighted by Crippen LogP contribution is -2.29. The predicted octanol–water partition coefficient (Wildman–Crippen LogP) is 1.17. The standard InChI is InChI=1S/C12H14BrN5O/c1-17(8-11-14-15-16-18(11)2)12(19)7-9-3-5-10(13)6-4-9/h3-6H,7-8H2,1-2H3. The van der Waals surface area contributed by atoms with Crippen LogP contribution in [-0.2, 0) is 24.8 Å². The molecule has 0 spiro atoms. The second-order valence-electron chi connectivity index (χ2n) is 4.27. The topological polar surface area (TPSA) is 63.9 Å². The Morgan fingerprint density at radius 2 is 2.05 bits per heavy atom. The van der Waals surface area contributed by atoms with E-state index in [4.69, 9.17) is 0 Å². The molecular formula is C12H14BrN5O. The molecule has 0 atom stereocenters. The zero-order valence-corrected chi connectivity index (χ0v) is 12.3. The van der Waals surface area contributed by atoms with Gasteiger partial charge in [0.15, 0.2) is 5.82 Å². The van der Waals surface area contributed by atoms with Crippen LogP contribution in [0.2, 0.25) is 0 Å². The summed E-state index contributed by atoms with van der Waals surface area (Å²) in [5.41, 5.74) is 0.983. The van der Waals surface area contributed by atoms with Crippen molar-refractivity contribution in [3.63, 3.8) is 0 Å². The van der Waals surface area contributed by atoms with Crippen molar-refractivity contribution in [1.29, 1.82) is 0 Å². The van der Waals surface area contributed by atoms with Crippen LogP contribution < -0.4 is 0 Å². The minimum atomic E-state index is 0.0327. The molecule has 0 fully saturated rings. The van der Waals surface area contributed by atoms with Gasteiger partial charge in [-0.3, -0.25) is 4.79 Å². The molecule has 1 heterocycles. The number of hydrogen-bond acceptors (Lipinski definition) is 4. The van der Waals surface area contributed by atoms with Gasteiger partial charge in [0, 0.05) is 18.6 Å². The van der Waals surface area contributed by atoms with Crippen molar-refractivity contribution >= 4 is 21.8 Å². The Morgan fingerprint density at radius 3 is 2.63 bits per heavy atom. The fraction of sp³-hybridized carbons (Fsp3) is 0.333. The lowest BCUT2D eigenvalue weighted by Gasteiger charge is -2.16. The van der Waals surface area contributed by atoms with Crippen molar-refractivity contribution in [3.05, 3.63) is 40.1 Å². The zero-order chi connectivity index (χ0) is 13.8. The number of benzene rings is 1. The number of halogens is 1. The number of carbonyl (C=O) groups excluding carboxylic acids is 1. The highest BCUT2D eigenvalue weighted by atomic mass is 79.9. The molecular weight excluding hydrogens is 310 g/mol. The summed E-state index contributed by atoms with van der Waals surface area (Å²) >= 11 is 3.37. The van der Waals surface area contributed by atoms with Crippen LogP contribution in [0, 0.1) is 0 Å². The summed E-state index contributed by atoms with van der Waals surface area (Å²) in [6.07, 6.45) is 0.370. The van der Waals surface area contributed by atoms with Gasteiger partial charge < -0.3 is 4.90 Å². The number of hydrogen-bond donors (Lipinski definition) is 0. The summed E-state index contributed by atoms with van der Waals surface area (Å²) in [6, 6.07) is 7.71. The van der Waals surface area contributed by atoms with E-state index in [1.807, 2.05) is 24.3 Å². The third-order valence-corrected chi connectivity index (χ3v) is 3.31. The summed E-state index contributed by atoms with van der Waals surface area (Å²) in [6.45, 7) is 0.402. The molecule has 0 saturated heterocycles. The minimum Gasteiger partial charge on any atom is -0.338 e. The van der Waals surface area contributed by atoms with Crippen LogP contribution in [0.15, 0.2) is 28.7 Å². The fourth-order valence-electron chi connectivity index (χ4n) is 1.59. The molecule has 0 unspecified atom stereocenters. The monoisotopic (exact) mass is 323 g/mol. The van der Waals surface area contributed by atoms with E-state index in [1.54, 1.807) is 23.7 Å². The molecule has 6 nitrogen and oxygen atoms in total. The smallest absolute Gasteiger partial charge is 0.227 e. The molecule has 0 aliphatic carbocycles. The number of aryl methyl sites for hydroxylation is 1. The quantitative estimate of drug-likeness (QED) is 0.847. The van der Waals surface area contributed by atoms with Gasteiger partial charge in [-0.05, 0) is 28.1 Å². The number of amides is 1. The number of rotatable bonds is 4. The van der Waals surface area contributed by atoms with Crippen LogP contribution in [0.3, 0.4) is 0 Å². The SMILES string of the molecule is CN(Cc1nnnn1C)C(=O)Cc1ccc(Br)cc1. The van der Waals surface area contributed by atoms with Gasteiger partial charge >= 0.3 is 0 Å². The van der Waals surface area contributed by atoms with Gasteiger partial charge in [-0.15, -0.1) is 5.10 Å². The molecule has 7 heteroatoms. The summed E-state index contributed by atoms with van der Waals surface area (Å²) in [4.78, 5) is 13.7. The zero-order valence-electron chi connectivity index (χ0n) is 10.7. The Balaban J connectivity index is 1.96. The molecule has 100 valence electrons. The minimum absolute atomic E-state index is 0.0327. The first-order valence-electron chi connectivity index (χ1n) is 5.76. The van der Waals surface area contributed by atoms with Crippen molar-refractivity contribution < 1.29 is 4.79 Å². The van der Waals surface area contributed by atoms with E-state index in [1.165, 1.54) is 0 Å². The molecule has 2 rings (SSSR count). The van der Waals surface area contributed by atoms with Crippen LogP contribution in [0.5, 0.6) is 0 Å². The highest BCUT2D eigenvalue weighted by molar-refractivity contribution is 9.10. The van der Waals surface area contributed by atoms with Gasteiger partial charge in [0.2, 0.25) is 5.91 Å². The Labute approximate surface area is 119 Å².